The topological polar surface area (TPSA) is 94.7 Å². The fraction of sp³-hybridized carbons (Fsp3) is 0.0526. The number of hydrogen-bond acceptors (Lipinski definition) is 5. The maximum Gasteiger partial charge on any atom is 0.192 e. The van der Waals surface area contributed by atoms with E-state index in [1.54, 1.807) is 12.1 Å². The van der Waals surface area contributed by atoms with Crippen LogP contribution in [-0.2, 0) is 0 Å². The van der Waals surface area contributed by atoms with Crippen LogP contribution in [0.15, 0.2) is 175 Å². The summed E-state index contributed by atoms with van der Waals surface area (Å²) in [6.07, 6.45) is 8.39. The van der Waals surface area contributed by atoms with E-state index in [1.165, 1.54) is 0 Å². The van der Waals surface area contributed by atoms with Crippen molar-refractivity contribution in [2.75, 3.05) is 13.6 Å². The second-order valence-electron chi connectivity index (χ2n) is 16.6. The number of carbonyl (C=O) groups is 2. The summed E-state index contributed by atoms with van der Waals surface area (Å²) in [5.74, 6) is -0.212. The molecule has 8 aromatic rings. The molecule has 3 aromatic heterocycles. The number of ketones is 2. The SMILES string of the molecule is CN1CC2=C(C(=O)c3ccccc3C2=O)C1c1cc2[nH]c1c(-c1ccccc1)c1nc(c(-c3ccccc3)c3ccc([nH]3)c(-c3ccccc3)c3nc(c2-c2ccccc2)C=C3)C=C1. The van der Waals surface area contributed by atoms with Crippen LogP contribution in [-0.4, -0.2) is 50.0 Å². The van der Waals surface area contributed by atoms with Crippen LogP contribution in [0.4, 0.5) is 0 Å². The first-order valence-corrected chi connectivity index (χ1v) is 21.5. The Labute approximate surface area is 369 Å². The van der Waals surface area contributed by atoms with Gasteiger partial charge in [0.05, 0.1) is 34.3 Å². The van der Waals surface area contributed by atoms with Crippen LogP contribution in [0.3, 0.4) is 0 Å². The Balaban J connectivity index is 1.27. The summed E-state index contributed by atoms with van der Waals surface area (Å²) in [6.45, 7) is 0.340. The molecule has 0 fully saturated rings. The number of likely N-dealkylation sites (N-methyl/N-ethyl adjacent to an activating group) is 1. The molecular weight excluding hydrogens is 787 g/mol. The predicted molar refractivity (Wildman–Crippen MR) is 258 cm³/mol. The van der Waals surface area contributed by atoms with E-state index < -0.39 is 6.04 Å². The fourth-order valence-electron chi connectivity index (χ4n) is 10.0. The second-order valence-corrected chi connectivity index (χ2v) is 16.6. The number of H-pyrrole nitrogens is 2. The highest BCUT2D eigenvalue weighted by Crippen LogP contribution is 2.47. The molecule has 5 aromatic carbocycles. The van der Waals surface area contributed by atoms with E-state index >= 15 is 0 Å². The van der Waals surface area contributed by atoms with E-state index in [9.17, 15) is 9.59 Å². The second kappa shape index (κ2) is 15.0. The van der Waals surface area contributed by atoms with E-state index in [-0.39, 0.29) is 11.6 Å². The van der Waals surface area contributed by atoms with Crippen LogP contribution in [0.5, 0.6) is 0 Å². The van der Waals surface area contributed by atoms with Crippen molar-refractivity contribution in [2.24, 2.45) is 0 Å². The van der Waals surface area contributed by atoms with Gasteiger partial charge in [0.15, 0.2) is 11.6 Å². The Hall–Kier alpha value is -8.26. The molecule has 7 heteroatoms. The summed E-state index contributed by atoms with van der Waals surface area (Å²) in [7, 11) is 2.00. The summed E-state index contributed by atoms with van der Waals surface area (Å²) in [5, 5.41) is 0. The highest BCUT2D eigenvalue weighted by Gasteiger charge is 2.44. The van der Waals surface area contributed by atoms with Crippen molar-refractivity contribution in [1.82, 2.24) is 24.8 Å². The van der Waals surface area contributed by atoms with E-state index in [1.807, 2.05) is 67.7 Å². The first-order chi connectivity index (χ1) is 31.5. The number of nitrogens with zero attached hydrogens (tertiary/aromatic N) is 3. The predicted octanol–water partition coefficient (Wildman–Crippen LogP) is 12.7. The van der Waals surface area contributed by atoms with Crippen LogP contribution >= 0.6 is 0 Å². The highest BCUT2D eigenvalue weighted by molar-refractivity contribution is 6.28. The molecule has 1 unspecified atom stereocenters. The number of aromatic nitrogens is 4. The Morgan fingerprint density at radius 3 is 1.36 bits per heavy atom. The third kappa shape index (κ3) is 6.01. The van der Waals surface area contributed by atoms with Crippen LogP contribution < -0.4 is 0 Å². The van der Waals surface area contributed by atoms with Gasteiger partial charge in [-0.2, -0.15) is 0 Å². The molecule has 12 rings (SSSR count). The number of Topliss-reactive ketones (excluding diaryl/α,β-unsaturated/α-hetero) is 2. The van der Waals surface area contributed by atoms with Gasteiger partial charge in [0.1, 0.15) is 0 Å². The van der Waals surface area contributed by atoms with Crippen LogP contribution in [0.2, 0.25) is 0 Å². The minimum absolute atomic E-state index is 0.0937. The Morgan fingerprint density at radius 2 is 0.875 bits per heavy atom. The zero-order valence-corrected chi connectivity index (χ0v) is 34.8. The molecule has 2 N–H and O–H groups in total. The van der Waals surface area contributed by atoms with Gasteiger partial charge in [-0.3, -0.25) is 14.5 Å². The lowest BCUT2D eigenvalue weighted by Crippen LogP contribution is -2.23. The molecule has 304 valence electrons. The van der Waals surface area contributed by atoms with Gasteiger partial charge in [-0.25, -0.2) is 9.97 Å². The molecule has 0 spiro atoms. The van der Waals surface area contributed by atoms with Crippen molar-refractivity contribution in [3.8, 4) is 44.5 Å². The largest absolute Gasteiger partial charge is 0.354 e. The fourth-order valence-corrected chi connectivity index (χ4v) is 10.0. The maximum absolute atomic E-state index is 14.8. The summed E-state index contributed by atoms with van der Waals surface area (Å²) in [5.41, 5.74) is 17.2. The van der Waals surface area contributed by atoms with Crippen molar-refractivity contribution < 1.29 is 9.59 Å². The van der Waals surface area contributed by atoms with Crippen LogP contribution in [0.25, 0.3) is 90.9 Å². The van der Waals surface area contributed by atoms with Crippen molar-refractivity contribution in [2.45, 2.75) is 6.04 Å². The molecule has 1 atom stereocenters. The first kappa shape index (κ1) is 37.5. The molecule has 1 aliphatic carbocycles. The van der Waals surface area contributed by atoms with Gasteiger partial charge >= 0.3 is 0 Å². The molecular formula is C57H39N5O2. The molecule has 0 radical (unpaired) electrons. The molecule has 8 bridgehead atoms. The van der Waals surface area contributed by atoms with Gasteiger partial charge in [0, 0.05) is 73.2 Å². The van der Waals surface area contributed by atoms with Crippen LogP contribution in [0, 0.1) is 0 Å². The van der Waals surface area contributed by atoms with E-state index in [2.05, 4.69) is 130 Å². The molecule has 3 aliphatic heterocycles. The molecule has 0 saturated heterocycles. The first-order valence-electron chi connectivity index (χ1n) is 21.5. The van der Waals surface area contributed by atoms with Gasteiger partial charge < -0.3 is 9.97 Å². The highest BCUT2D eigenvalue weighted by atomic mass is 16.1. The van der Waals surface area contributed by atoms with Crippen LogP contribution in [0.1, 0.15) is 55.1 Å². The van der Waals surface area contributed by atoms with Crippen molar-refractivity contribution >= 4 is 57.9 Å². The summed E-state index contributed by atoms with van der Waals surface area (Å²) in [4.78, 5) is 50.0. The summed E-state index contributed by atoms with van der Waals surface area (Å²) >= 11 is 0. The quantitative estimate of drug-likeness (QED) is 0.180. The number of hydrogen-bond donors (Lipinski definition) is 2. The monoisotopic (exact) mass is 825 g/mol. The summed E-state index contributed by atoms with van der Waals surface area (Å²) < 4.78 is 0. The normalized spacial score (nSPS) is 15.5. The number of rotatable bonds is 5. The minimum atomic E-state index is -0.545. The number of carbonyl (C=O) groups excluding carboxylic acids is 2. The van der Waals surface area contributed by atoms with E-state index in [4.69, 9.17) is 9.97 Å². The Morgan fingerprint density at radius 1 is 0.469 bits per heavy atom. The van der Waals surface area contributed by atoms with E-state index in [0.29, 0.717) is 28.8 Å². The molecule has 0 saturated carbocycles. The lowest BCUT2D eigenvalue weighted by molar-refractivity contribution is 0.0974. The lowest BCUT2D eigenvalue weighted by Gasteiger charge is -2.24. The van der Waals surface area contributed by atoms with Gasteiger partial charge in [-0.1, -0.05) is 146 Å². The van der Waals surface area contributed by atoms with Gasteiger partial charge in [0.2, 0.25) is 0 Å². The molecule has 4 aliphatic rings. The number of benzene rings is 5. The number of aromatic amines is 2. The van der Waals surface area contributed by atoms with Crippen molar-refractivity contribution in [1.29, 1.82) is 0 Å². The number of fused-ring (bicyclic) bond motifs is 9. The third-order valence-electron chi connectivity index (χ3n) is 12.8. The standard InChI is InChI=1S/C57H39N5O2/c1-62-33-41-53(57(64)39-25-15-14-24-38(39)56(41)63)55(62)40-32-48-51(36-20-10-4-11-21-36)46-29-28-44(59-46)49(34-16-6-2-7-17-34)42-26-27-43(58-42)50(35-18-8-3-9-19-35)45-30-31-47(60-45)52(54(40)61-48)37-22-12-5-13-23-37/h2-32,55,58,61H,33H2,1H3. The average Bonchev–Trinajstić information content (AvgIpc) is 4.21. The molecule has 0 amide bonds. The van der Waals surface area contributed by atoms with Gasteiger partial charge in [-0.15, -0.1) is 0 Å². The average molecular weight is 826 g/mol. The van der Waals surface area contributed by atoms with E-state index in [0.717, 1.165) is 94.9 Å². The zero-order valence-electron chi connectivity index (χ0n) is 34.8. The van der Waals surface area contributed by atoms with Crippen molar-refractivity contribution in [3.63, 3.8) is 0 Å². The zero-order chi connectivity index (χ0) is 42.9. The molecule has 6 heterocycles. The number of nitrogens with one attached hydrogen (secondary N) is 2. The Bertz CT molecular complexity index is 3510. The third-order valence-corrected chi connectivity index (χ3v) is 12.8. The smallest absolute Gasteiger partial charge is 0.192 e. The Kier molecular flexibility index (Phi) is 8.77. The molecule has 7 nitrogen and oxygen atoms in total. The van der Waals surface area contributed by atoms with Gasteiger partial charge in [-0.05, 0) is 71.8 Å². The summed E-state index contributed by atoms with van der Waals surface area (Å²) in [6, 6.07) is 54.5. The molecule has 64 heavy (non-hydrogen) atoms. The van der Waals surface area contributed by atoms with Crippen molar-refractivity contribution in [3.05, 3.63) is 214 Å². The maximum atomic E-state index is 14.8. The minimum Gasteiger partial charge on any atom is -0.354 e. The van der Waals surface area contributed by atoms with Gasteiger partial charge in [0.25, 0.3) is 0 Å². The lowest BCUT2D eigenvalue weighted by atomic mass is 9.81.